The standard InChI is InChI=1S/C42H40F2N6O4/c43-33-23-35(39-45-37(47-53-39)15-7-13-27-9-3-1-4-10-27)49(25-33)41(51)31-19-17-30-22-32(20-18-29(30)21-31)42(52)50-26-34(44)24-36(50)40-46-38(48-54-40)16-8-14-28-11-5-2-6-12-28/h1-6,9-12,17-22,33-36H,7-8,13-16,23-26H2/t33-,34-,35+,36+/m1/s1. The molecule has 4 aromatic carbocycles. The van der Waals surface area contributed by atoms with Crippen LogP contribution in [-0.2, 0) is 25.7 Å². The molecule has 2 amide bonds. The summed E-state index contributed by atoms with van der Waals surface area (Å²) >= 11 is 0. The van der Waals surface area contributed by atoms with Gasteiger partial charge in [0.25, 0.3) is 11.8 Å². The zero-order valence-electron chi connectivity index (χ0n) is 29.7. The van der Waals surface area contributed by atoms with E-state index in [1.807, 2.05) is 36.4 Å². The number of aryl methyl sites for hydroxylation is 4. The number of hydrogen-bond acceptors (Lipinski definition) is 8. The quantitative estimate of drug-likeness (QED) is 0.125. The molecular formula is C42H40F2N6O4. The van der Waals surface area contributed by atoms with E-state index in [4.69, 9.17) is 9.05 Å². The highest BCUT2D eigenvalue weighted by molar-refractivity contribution is 6.02. The lowest BCUT2D eigenvalue weighted by Gasteiger charge is -2.22. The van der Waals surface area contributed by atoms with Crippen LogP contribution in [0.4, 0.5) is 8.78 Å². The van der Waals surface area contributed by atoms with Gasteiger partial charge in [-0.05, 0) is 71.8 Å². The number of fused-ring (bicyclic) bond motifs is 1. The Bertz CT molecular complexity index is 2070. The number of hydrogen-bond donors (Lipinski definition) is 0. The number of benzene rings is 4. The van der Waals surface area contributed by atoms with Crippen molar-refractivity contribution in [3.05, 3.63) is 143 Å². The molecule has 0 radical (unpaired) electrons. The number of likely N-dealkylation sites (tertiary alicyclic amines) is 2. The minimum absolute atomic E-state index is 0.0762. The van der Waals surface area contributed by atoms with Crippen molar-refractivity contribution in [1.29, 1.82) is 0 Å². The highest BCUT2D eigenvalue weighted by Crippen LogP contribution is 2.36. The summed E-state index contributed by atoms with van der Waals surface area (Å²) in [7, 11) is 0. The Labute approximate surface area is 311 Å². The molecule has 0 saturated carbocycles. The second-order valence-electron chi connectivity index (χ2n) is 14.2. The average molecular weight is 731 g/mol. The largest absolute Gasteiger partial charge is 0.337 e. The minimum Gasteiger partial charge on any atom is -0.337 e. The summed E-state index contributed by atoms with van der Waals surface area (Å²) in [4.78, 5) is 39.6. The topological polar surface area (TPSA) is 118 Å². The van der Waals surface area contributed by atoms with E-state index in [1.54, 1.807) is 36.4 Å². The Morgan fingerprint density at radius 1 is 0.593 bits per heavy atom. The van der Waals surface area contributed by atoms with E-state index in [0.29, 0.717) is 35.6 Å². The van der Waals surface area contributed by atoms with Gasteiger partial charge < -0.3 is 18.8 Å². The van der Waals surface area contributed by atoms with Crippen LogP contribution in [0.25, 0.3) is 10.8 Å². The second-order valence-corrected chi connectivity index (χ2v) is 14.2. The van der Waals surface area contributed by atoms with Crippen molar-refractivity contribution in [2.24, 2.45) is 0 Å². The molecule has 2 aromatic heterocycles. The van der Waals surface area contributed by atoms with E-state index in [0.717, 1.165) is 36.5 Å². The fraction of sp³-hybridized carbons (Fsp3) is 0.333. The summed E-state index contributed by atoms with van der Waals surface area (Å²) in [6.45, 7) is -0.162. The van der Waals surface area contributed by atoms with Crippen LogP contribution in [-0.4, -0.2) is 67.3 Å². The van der Waals surface area contributed by atoms with Crippen molar-refractivity contribution in [1.82, 2.24) is 30.1 Å². The SMILES string of the molecule is O=C(c1ccc2cc(C(=O)N3C[C@H](F)C[C@H]3c3nc(CCCc4ccccc4)no3)ccc2c1)N1C[C@H](F)C[C@H]1c1nc(CCCc2ccccc2)no1. The maximum Gasteiger partial charge on any atom is 0.254 e. The zero-order valence-corrected chi connectivity index (χ0v) is 29.7. The van der Waals surface area contributed by atoms with Crippen molar-refractivity contribution >= 4 is 22.6 Å². The summed E-state index contributed by atoms with van der Waals surface area (Å²) < 4.78 is 40.7. The van der Waals surface area contributed by atoms with E-state index in [-0.39, 0.29) is 49.5 Å². The second kappa shape index (κ2) is 15.7. The molecule has 0 bridgehead atoms. The molecule has 10 nitrogen and oxygen atoms in total. The summed E-state index contributed by atoms with van der Waals surface area (Å²) in [6, 6.07) is 29.2. The molecule has 0 aliphatic carbocycles. The number of halogens is 2. The van der Waals surface area contributed by atoms with Crippen LogP contribution in [0.15, 0.2) is 106 Å². The third kappa shape index (κ3) is 7.78. The number of amides is 2. The molecule has 276 valence electrons. The fourth-order valence-corrected chi connectivity index (χ4v) is 7.53. The van der Waals surface area contributed by atoms with Gasteiger partial charge in [-0.25, -0.2) is 8.78 Å². The number of carbonyl (C=O) groups excluding carboxylic acids is 2. The first-order chi connectivity index (χ1) is 26.4. The number of nitrogens with zero attached hydrogens (tertiary/aromatic N) is 6. The first-order valence-corrected chi connectivity index (χ1v) is 18.5. The smallest absolute Gasteiger partial charge is 0.254 e. The lowest BCUT2D eigenvalue weighted by atomic mass is 10.0. The maximum absolute atomic E-state index is 14.8. The van der Waals surface area contributed by atoms with Crippen LogP contribution < -0.4 is 0 Å². The summed E-state index contributed by atoms with van der Waals surface area (Å²) in [6.07, 6.45) is 2.32. The molecule has 2 aliphatic heterocycles. The van der Waals surface area contributed by atoms with Gasteiger partial charge in [0.1, 0.15) is 24.4 Å². The van der Waals surface area contributed by atoms with Crippen molar-refractivity contribution in [3.8, 4) is 0 Å². The van der Waals surface area contributed by atoms with Crippen molar-refractivity contribution in [2.75, 3.05) is 13.1 Å². The van der Waals surface area contributed by atoms with Gasteiger partial charge in [0, 0.05) is 36.8 Å². The van der Waals surface area contributed by atoms with E-state index in [9.17, 15) is 18.4 Å². The molecule has 0 N–H and O–H groups in total. The lowest BCUT2D eigenvalue weighted by Crippen LogP contribution is -2.31. The predicted molar refractivity (Wildman–Crippen MR) is 196 cm³/mol. The third-order valence-corrected chi connectivity index (χ3v) is 10.3. The highest BCUT2D eigenvalue weighted by atomic mass is 19.1. The Morgan fingerprint density at radius 3 is 1.44 bits per heavy atom. The Hall–Kier alpha value is -5.78. The van der Waals surface area contributed by atoms with Crippen molar-refractivity contribution < 1.29 is 27.4 Å². The number of alkyl halides is 2. The van der Waals surface area contributed by atoms with Crippen LogP contribution in [0, 0.1) is 0 Å². The van der Waals surface area contributed by atoms with Crippen LogP contribution >= 0.6 is 0 Å². The first-order valence-electron chi connectivity index (χ1n) is 18.5. The normalized spacial score (nSPS) is 19.9. The minimum atomic E-state index is -1.22. The fourth-order valence-electron chi connectivity index (χ4n) is 7.53. The summed E-state index contributed by atoms with van der Waals surface area (Å²) in [5, 5.41) is 9.67. The molecule has 12 heteroatoms. The van der Waals surface area contributed by atoms with Gasteiger partial charge in [-0.15, -0.1) is 0 Å². The van der Waals surface area contributed by atoms with Crippen LogP contribution in [0.3, 0.4) is 0 Å². The third-order valence-electron chi connectivity index (χ3n) is 10.3. The number of rotatable bonds is 12. The summed E-state index contributed by atoms with van der Waals surface area (Å²) in [5.74, 6) is 0.837. The van der Waals surface area contributed by atoms with Gasteiger partial charge in [-0.1, -0.05) is 83.1 Å². The maximum atomic E-state index is 14.8. The zero-order chi connectivity index (χ0) is 37.0. The highest BCUT2D eigenvalue weighted by Gasteiger charge is 2.41. The number of carbonyl (C=O) groups is 2. The molecule has 4 atom stereocenters. The first kappa shape index (κ1) is 35.3. The van der Waals surface area contributed by atoms with Gasteiger partial charge in [0.15, 0.2) is 11.6 Å². The number of aromatic nitrogens is 4. The van der Waals surface area contributed by atoms with Gasteiger partial charge in [-0.2, -0.15) is 9.97 Å². The van der Waals surface area contributed by atoms with Gasteiger partial charge >= 0.3 is 0 Å². The predicted octanol–water partition coefficient (Wildman–Crippen LogP) is 7.81. The monoisotopic (exact) mass is 730 g/mol. The molecule has 0 spiro atoms. The Kier molecular flexibility index (Phi) is 10.2. The van der Waals surface area contributed by atoms with E-state index in [1.165, 1.54) is 20.9 Å². The molecule has 2 aliphatic rings. The molecule has 0 unspecified atom stereocenters. The average Bonchev–Trinajstić information content (AvgIpc) is 4.02. The van der Waals surface area contributed by atoms with E-state index < -0.39 is 24.4 Å². The van der Waals surface area contributed by atoms with Crippen LogP contribution in [0.1, 0.15) is 93.0 Å². The molecule has 4 heterocycles. The van der Waals surface area contributed by atoms with Crippen LogP contribution in [0.5, 0.6) is 0 Å². The van der Waals surface area contributed by atoms with Gasteiger partial charge in [0.05, 0.1) is 13.1 Å². The molecule has 8 rings (SSSR count). The van der Waals surface area contributed by atoms with E-state index >= 15 is 0 Å². The molecular weight excluding hydrogens is 690 g/mol. The molecule has 6 aromatic rings. The van der Waals surface area contributed by atoms with Crippen molar-refractivity contribution in [2.45, 2.75) is 75.8 Å². The van der Waals surface area contributed by atoms with E-state index in [2.05, 4.69) is 44.5 Å². The van der Waals surface area contributed by atoms with Crippen molar-refractivity contribution in [3.63, 3.8) is 0 Å². The molecule has 2 fully saturated rings. The summed E-state index contributed by atoms with van der Waals surface area (Å²) in [5.41, 5.74) is 3.20. The molecule has 54 heavy (non-hydrogen) atoms. The lowest BCUT2D eigenvalue weighted by molar-refractivity contribution is 0.0697. The Morgan fingerprint density at radius 2 is 1.02 bits per heavy atom. The van der Waals surface area contributed by atoms with Crippen LogP contribution in [0.2, 0.25) is 0 Å². The Balaban J connectivity index is 0.920. The molecule has 2 saturated heterocycles. The van der Waals surface area contributed by atoms with Gasteiger partial charge in [-0.3, -0.25) is 9.59 Å². The van der Waals surface area contributed by atoms with Gasteiger partial charge in [0.2, 0.25) is 11.8 Å².